The molecule has 1 rings (SSSR count). The fraction of sp³-hybridized carbons (Fsp3) is 0.500. The lowest BCUT2D eigenvalue weighted by molar-refractivity contribution is -0.445. The van der Waals surface area contributed by atoms with Crippen LogP contribution in [0.1, 0.15) is 0 Å². The molecule has 0 heterocycles. The Hall–Kier alpha value is -0.980. The van der Waals surface area contributed by atoms with Crippen LogP contribution in [-0.2, 0) is 19.5 Å². The van der Waals surface area contributed by atoms with Gasteiger partial charge in [-0.1, -0.05) is 0 Å². The predicted octanol–water partition coefficient (Wildman–Crippen LogP) is 4.96. The fourth-order valence-electron chi connectivity index (χ4n) is 1.82. The largest absolute Gasteiger partial charge is 0.610 e. The van der Waals surface area contributed by atoms with Crippen molar-refractivity contribution in [3.05, 3.63) is 30.8 Å². The molecule has 0 saturated carbocycles. The van der Waals surface area contributed by atoms with Crippen molar-refractivity contribution in [2.24, 2.45) is 4.40 Å². The predicted molar refractivity (Wildman–Crippen MR) is 106 cm³/mol. The van der Waals surface area contributed by atoms with Gasteiger partial charge in [-0.3, -0.25) is 0 Å². The van der Waals surface area contributed by atoms with E-state index >= 15 is 0 Å². The Morgan fingerprint density at radius 1 is 0.886 bits per heavy atom. The van der Waals surface area contributed by atoms with Gasteiger partial charge < -0.3 is 14.6 Å². The Morgan fingerprint density at radius 2 is 1.40 bits per heavy atom. The monoisotopic (exact) mass is 782 g/mol. The Balaban J connectivity index is 3.13. The van der Waals surface area contributed by atoms with Crippen molar-refractivity contribution in [3.8, 4) is 0 Å². The minimum Gasteiger partial charge on any atom is -0.610 e. The Labute approximate surface area is 214 Å². The van der Waals surface area contributed by atoms with Gasteiger partial charge in [-0.25, -0.2) is 0 Å². The smallest absolute Gasteiger partial charge is 0.518 e. The molecule has 202 valence electrons. The molecule has 0 fully saturated rings. The highest BCUT2D eigenvalue weighted by Crippen LogP contribution is 2.53. The van der Waals surface area contributed by atoms with Gasteiger partial charge in [-0.15, -0.1) is 0 Å². The molecule has 0 aromatic carbocycles. The lowest BCUT2D eigenvalue weighted by Gasteiger charge is -2.33. The molecule has 6 nitrogen and oxygen atoms in total. The number of halogens is 14. The maximum atomic E-state index is 13.3. The van der Waals surface area contributed by atoms with Crippen LogP contribution < -0.4 is 5.11 Å². The summed E-state index contributed by atoms with van der Waals surface area (Å²) in [6, 6.07) is 0. The zero-order chi connectivity index (χ0) is 27.8. The van der Waals surface area contributed by atoms with Gasteiger partial charge in [0.2, 0.25) is 0 Å². The van der Waals surface area contributed by atoms with Gasteiger partial charge in [0, 0.05) is 19.3 Å². The standard InChI is InChI=1S/C14H7F12I2NO5S/c15-10(16,12(19,20)21)11(17,18)13(22,23)34-2-1-33-9(30)6-3-5(27)4-7(28)8(6)29-35(31,32)14(24,25)26/h3-4,30H,1-2H2/p-1/b9-6+,29-8-. The number of hydrogen-bond donors (Lipinski definition) is 0. The lowest BCUT2D eigenvalue weighted by atomic mass is 10.1. The van der Waals surface area contributed by atoms with Crippen molar-refractivity contribution >= 4 is 60.9 Å². The summed E-state index contributed by atoms with van der Waals surface area (Å²) < 4.78 is 184. The van der Waals surface area contributed by atoms with E-state index in [1.54, 1.807) is 0 Å². The van der Waals surface area contributed by atoms with Crippen molar-refractivity contribution in [1.82, 2.24) is 0 Å². The van der Waals surface area contributed by atoms with E-state index in [9.17, 15) is 66.2 Å². The second-order valence-corrected chi connectivity index (χ2v) is 9.95. The minimum absolute atomic E-state index is 0.0964. The highest BCUT2D eigenvalue weighted by atomic mass is 127. The Morgan fingerprint density at radius 3 is 1.86 bits per heavy atom. The van der Waals surface area contributed by atoms with Crippen LogP contribution >= 0.6 is 45.2 Å². The summed E-state index contributed by atoms with van der Waals surface area (Å²) >= 11 is 2.80. The number of rotatable bonds is 8. The summed E-state index contributed by atoms with van der Waals surface area (Å²) in [4.78, 5) is 0. The molecule has 0 bridgehead atoms. The van der Waals surface area contributed by atoms with Crippen LogP contribution in [0.3, 0.4) is 0 Å². The molecule has 0 unspecified atom stereocenters. The van der Waals surface area contributed by atoms with Gasteiger partial charge in [-0.05, 0) is 57.3 Å². The number of nitrogens with zero attached hydrogens (tertiary/aromatic N) is 1. The molecule has 0 aliphatic heterocycles. The lowest BCUT2D eigenvalue weighted by Crippen LogP contribution is -2.61. The van der Waals surface area contributed by atoms with Gasteiger partial charge in [0.15, 0.2) is 0 Å². The topological polar surface area (TPSA) is 88.0 Å². The molecule has 0 N–H and O–H groups in total. The highest BCUT2D eigenvalue weighted by molar-refractivity contribution is 14.1. The van der Waals surface area contributed by atoms with Crippen LogP contribution in [0.2, 0.25) is 0 Å². The first kappa shape index (κ1) is 32.0. The molecule has 1 aliphatic carbocycles. The van der Waals surface area contributed by atoms with Crippen LogP contribution in [-0.4, -0.2) is 57.0 Å². The third-order valence-corrected chi connectivity index (χ3v) is 5.92. The second kappa shape index (κ2) is 10.4. The van der Waals surface area contributed by atoms with E-state index in [4.69, 9.17) is 0 Å². The first-order valence-electron chi connectivity index (χ1n) is 7.93. The van der Waals surface area contributed by atoms with Gasteiger partial charge in [0.1, 0.15) is 0 Å². The molecular formula is C14H6F12I2NO5S-. The molecule has 0 spiro atoms. The summed E-state index contributed by atoms with van der Waals surface area (Å²) in [5, 5.41) is 12.1. The van der Waals surface area contributed by atoms with E-state index < -0.39 is 70.1 Å². The summed E-state index contributed by atoms with van der Waals surface area (Å²) in [6.45, 7) is -3.41. The maximum absolute atomic E-state index is 13.3. The van der Waals surface area contributed by atoms with Crippen molar-refractivity contribution in [2.45, 2.75) is 29.6 Å². The first-order chi connectivity index (χ1) is 15.4. The van der Waals surface area contributed by atoms with Crippen LogP contribution in [0.25, 0.3) is 0 Å². The molecule has 0 saturated heterocycles. The van der Waals surface area contributed by atoms with Gasteiger partial charge in [0.05, 0.1) is 18.3 Å². The average molecular weight is 782 g/mol. The summed E-state index contributed by atoms with van der Waals surface area (Å²) in [5.41, 5.74) is -7.96. The van der Waals surface area contributed by atoms with Crippen molar-refractivity contribution in [3.63, 3.8) is 0 Å². The summed E-state index contributed by atoms with van der Waals surface area (Å²) in [7, 11) is -6.19. The van der Waals surface area contributed by atoms with E-state index in [0.29, 0.717) is 0 Å². The van der Waals surface area contributed by atoms with E-state index in [-0.39, 0.29) is 7.16 Å². The average Bonchev–Trinajstić information content (AvgIpc) is 2.64. The molecule has 0 amide bonds. The molecule has 1 aliphatic rings. The zero-order valence-electron chi connectivity index (χ0n) is 15.8. The van der Waals surface area contributed by atoms with Crippen molar-refractivity contribution in [1.29, 1.82) is 0 Å². The summed E-state index contributed by atoms with van der Waals surface area (Å²) in [5.74, 6) is -16.1. The number of ether oxygens (including phenoxy) is 2. The second-order valence-electron chi connectivity index (χ2n) is 5.94. The highest BCUT2D eigenvalue weighted by Gasteiger charge is 2.82. The van der Waals surface area contributed by atoms with Crippen molar-refractivity contribution in [2.75, 3.05) is 13.2 Å². The van der Waals surface area contributed by atoms with Gasteiger partial charge in [-0.2, -0.15) is 65.5 Å². The van der Waals surface area contributed by atoms with E-state index in [1.807, 2.05) is 0 Å². The van der Waals surface area contributed by atoms with Gasteiger partial charge in [0.25, 0.3) is 0 Å². The SMILES string of the molecule is O=S(=O)(/N=C1\C(I)=CC(I)=C\C1=C(\[O-])OCCOC(F)(F)C(F)(F)C(F)(F)C(F)(F)F)C(F)(F)F. The molecular weight excluding hydrogens is 776 g/mol. The number of alkyl halides is 12. The quantitative estimate of drug-likeness (QED) is 0.151. The van der Waals surface area contributed by atoms with Crippen molar-refractivity contribution < 1.29 is 75.7 Å². The third kappa shape index (κ3) is 6.87. The Kier molecular flexibility index (Phi) is 9.53. The molecule has 0 aromatic heterocycles. The minimum atomic E-state index is -7.22. The van der Waals surface area contributed by atoms with Crippen LogP contribution in [0, 0.1) is 0 Å². The normalized spacial score (nSPS) is 19.4. The maximum Gasteiger partial charge on any atom is 0.518 e. The molecule has 21 heteroatoms. The van der Waals surface area contributed by atoms with E-state index in [2.05, 4.69) is 13.9 Å². The van der Waals surface area contributed by atoms with Crippen LogP contribution in [0.4, 0.5) is 52.7 Å². The summed E-state index contributed by atoms with van der Waals surface area (Å²) in [6.07, 6.45) is -11.7. The number of sulfonamides is 1. The van der Waals surface area contributed by atoms with Gasteiger partial charge >= 0.3 is 39.7 Å². The molecule has 0 radical (unpaired) electrons. The molecule has 0 aromatic rings. The fourth-order valence-corrected chi connectivity index (χ4v) is 4.49. The third-order valence-electron chi connectivity index (χ3n) is 3.47. The molecule has 0 atom stereocenters. The van der Waals surface area contributed by atoms with Crippen LogP contribution in [0.15, 0.2) is 35.2 Å². The molecule has 35 heavy (non-hydrogen) atoms. The van der Waals surface area contributed by atoms with Crippen LogP contribution in [0.5, 0.6) is 0 Å². The number of allylic oxidation sites excluding steroid dienone is 5. The number of hydrogen-bond acceptors (Lipinski definition) is 5. The zero-order valence-corrected chi connectivity index (χ0v) is 20.9. The Bertz CT molecular complexity index is 1060. The first-order valence-corrected chi connectivity index (χ1v) is 11.5. The van der Waals surface area contributed by atoms with E-state index in [0.717, 1.165) is 12.2 Å². The van der Waals surface area contributed by atoms with E-state index in [1.165, 1.54) is 45.2 Å².